The summed E-state index contributed by atoms with van der Waals surface area (Å²) >= 11 is 0. The summed E-state index contributed by atoms with van der Waals surface area (Å²) in [6.07, 6.45) is 0.586. The Bertz CT molecular complexity index is 463. The Morgan fingerprint density at radius 3 is 2.21 bits per heavy atom. The number of Topliss-reactive ketones (excluding diaryl/α,β-unsaturated/α-hetero) is 1. The number of halogens is 2. The molecule has 104 valence electrons. The summed E-state index contributed by atoms with van der Waals surface area (Å²) in [5, 5.41) is 0. The second kappa shape index (κ2) is 6.82. The Morgan fingerprint density at radius 1 is 1.16 bits per heavy atom. The van der Waals surface area contributed by atoms with Gasteiger partial charge in [-0.15, -0.1) is 0 Å². The van der Waals surface area contributed by atoms with Gasteiger partial charge in [-0.3, -0.25) is 4.79 Å². The molecule has 0 aliphatic carbocycles. The van der Waals surface area contributed by atoms with Gasteiger partial charge in [0.25, 0.3) is 5.78 Å². The van der Waals surface area contributed by atoms with Crippen molar-refractivity contribution >= 4 is 11.8 Å². The van der Waals surface area contributed by atoms with Crippen LogP contribution in [0.1, 0.15) is 30.6 Å². The van der Waals surface area contributed by atoms with Gasteiger partial charge in [0.15, 0.2) is 17.4 Å². The highest BCUT2D eigenvalue weighted by atomic mass is 19.1. The van der Waals surface area contributed by atoms with Gasteiger partial charge in [-0.05, 0) is 25.5 Å². The van der Waals surface area contributed by atoms with E-state index in [1.54, 1.807) is 6.92 Å². The van der Waals surface area contributed by atoms with Gasteiger partial charge in [0, 0.05) is 5.56 Å². The van der Waals surface area contributed by atoms with Crippen molar-refractivity contribution in [1.29, 1.82) is 0 Å². The van der Waals surface area contributed by atoms with E-state index in [2.05, 4.69) is 4.74 Å². The number of carbonyl (C=O) groups excluding carboxylic acids is 2. The largest absolute Gasteiger partial charge is 0.488 e. The van der Waals surface area contributed by atoms with Crippen molar-refractivity contribution in [3.63, 3.8) is 0 Å². The maximum Gasteiger partial charge on any atom is 0.379 e. The van der Waals surface area contributed by atoms with E-state index < -0.39 is 34.7 Å². The van der Waals surface area contributed by atoms with Crippen LogP contribution in [-0.4, -0.2) is 25.0 Å². The molecule has 0 aliphatic rings. The monoisotopic (exact) mass is 272 g/mol. The van der Waals surface area contributed by atoms with E-state index in [1.807, 2.05) is 0 Å². The molecule has 19 heavy (non-hydrogen) atoms. The molecule has 0 bridgehead atoms. The first-order valence-electron chi connectivity index (χ1n) is 5.84. The molecule has 1 aromatic carbocycles. The van der Waals surface area contributed by atoms with E-state index in [4.69, 9.17) is 4.74 Å². The molecule has 0 unspecified atom stereocenters. The third-order valence-electron chi connectivity index (χ3n) is 2.17. The lowest BCUT2D eigenvalue weighted by Crippen LogP contribution is -2.18. The summed E-state index contributed by atoms with van der Waals surface area (Å²) < 4.78 is 36.5. The first-order valence-corrected chi connectivity index (χ1v) is 5.84. The highest BCUT2D eigenvalue weighted by Gasteiger charge is 2.22. The maximum atomic E-state index is 13.6. The number of benzene rings is 1. The fourth-order valence-electron chi connectivity index (χ4n) is 1.35. The molecule has 0 spiro atoms. The molecule has 0 fully saturated rings. The van der Waals surface area contributed by atoms with Gasteiger partial charge in [0.05, 0.1) is 13.2 Å². The summed E-state index contributed by atoms with van der Waals surface area (Å²) in [7, 11) is 0. The Labute approximate surface area is 109 Å². The van der Waals surface area contributed by atoms with E-state index in [-0.39, 0.29) is 13.2 Å². The Kier molecular flexibility index (Phi) is 5.41. The number of rotatable bonds is 6. The molecule has 0 aliphatic heterocycles. The summed E-state index contributed by atoms with van der Waals surface area (Å²) in [4.78, 5) is 22.7. The van der Waals surface area contributed by atoms with Crippen molar-refractivity contribution in [2.75, 3.05) is 13.2 Å². The molecule has 4 nitrogen and oxygen atoms in total. The molecule has 0 saturated carbocycles. The Morgan fingerprint density at radius 2 is 1.74 bits per heavy atom. The zero-order chi connectivity index (χ0) is 14.4. The SMILES string of the molecule is CCCOc1c(F)cc(C(=O)C(=O)OCC)cc1F. The van der Waals surface area contributed by atoms with Crippen LogP contribution >= 0.6 is 0 Å². The lowest BCUT2D eigenvalue weighted by atomic mass is 10.1. The second-order valence-corrected chi connectivity index (χ2v) is 3.67. The quantitative estimate of drug-likeness (QED) is 0.453. The topological polar surface area (TPSA) is 52.6 Å². The number of carbonyl (C=O) groups is 2. The molecule has 0 atom stereocenters. The second-order valence-electron chi connectivity index (χ2n) is 3.67. The lowest BCUT2D eigenvalue weighted by Gasteiger charge is -2.08. The van der Waals surface area contributed by atoms with Crippen molar-refractivity contribution in [1.82, 2.24) is 0 Å². The van der Waals surface area contributed by atoms with Gasteiger partial charge >= 0.3 is 5.97 Å². The number of ketones is 1. The summed E-state index contributed by atoms with van der Waals surface area (Å²) in [5.41, 5.74) is -0.405. The number of hydrogen-bond acceptors (Lipinski definition) is 4. The summed E-state index contributed by atoms with van der Waals surface area (Å²) in [6.45, 7) is 3.47. The zero-order valence-electron chi connectivity index (χ0n) is 10.7. The van der Waals surface area contributed by atoms with Crippen molar-refractivity contribution in [3.8, 4) is 5.75 Å². The van der Waals surface area contributed by atoms with Crippen molar-refractivity contribution < 1.29 is 27.8 Å². The Hall–Kier alpha value is -1.98. The number of esters is 1. The molecule has 1 aromatic rings. The zero-order valence-corrected chi connectivity index (χ0v) is 10.7. The normalized spacial score (nSPS) is 10.1. The van der Waals surface area contributed by atoms with E-state index in [1.165, 1.54) is 6.92 Å². The fourth-order valence-corrected chi connectivity index (χ4v) is 1.35. The van der Waals surface area contributed by atoms with Gasteiger partial charge in [-0.25, -0.2) is 13.6 Å². The molecule has 0 amide bonds. The smallest absolute Gasteiger partial charge is 0.379 e. The van der Waals surface area contributed by atoms with Crippen molar-refractivity contribution in [2.45, 2.75) is 20.3 Å². The van der Waals surface area contributed by atoms with E-state index in [0.29, 0.717) is 6.42 Å². The van der Waals surface area contributed by atoms with Crippen LogP contribution in [0, 0.1) is 11.6 Å². The fraction of sp³-hybridized carbons (Fsp3) is 0.385. The predicted octanol–water partition coefficient (Wildman–Crippen LogP) is 2.50. The average Bonchev–Trinajstić information content (AvgIpc) is 2.37. The third-order valence-corrected chi connectivity index (χ3v) is 2.17. The highest BCUT2D eigenvalue weighted by Crippen LogP contribution is 2.24. The van der Waals surface area contributed by atoms with Crippen LogP contribution in [0.4, 0.5) is 8.78 Å². The minimum absolute atomic E-state index is 0.00717. The Balaban J connectivity index is 3.00. The molecule has 0 aromatic heterocycles. The molecule has 0 N–H and O–H groups in total. The predicted molar refractivity (Wildman–Crippen MR) is 63.1 cm³/mol. The third kappa shape index (κ3) is 3.74. The van der Waals surface area contributed by atoms with Crippen LogP contribution in [0.25, 0.3) is 0 Å². The van der Waals surface area contributed by atoms with Crippen LogP contribution in [0.15, 0.2) is 12.1 Å². The first kappa shape index (κ1) is 15.1. The van der Waals surface area contributed by atoms with Crippen LogP contribution in [-0.2, 0) is 9.53 Å². The minimum Gasteiger partial charge on any atom is -0.488 e. The van der Waals surface area contributed by atoms with E-state index in [0.717, 1.165) is 12.1 Å². The standard InChI is InChI=1S/C13H14F2O4/c1-3-5-19-12-9(14)6-8(7-10(12)15)11(16)13(17)18-4-2/h6-7H,3-5H2,1-2H3. The van der Waals surface area contributed by atoms with Crippen LogP contribution in [0.5, 0.6) is 5.75 Å². The molecular formula is C13H14F2O4. The maximum absolute atomic E-state index is 13.6. The van der Waals surface area contributed by atoms with Crippen molar-refractivity contribution in [2.24, 2.45) is 0 Å². The molecule has 0 saturated heterocycles. The van der Waals surface area contributed by atoms with Gasteiger partial charge < -0.3 is 9.47 Å². The van der Waals surface area contributed by atoms with Gasteiger partial charge in [0.1, 0.15) is 0 Å². The van der Waals surface area contributed by atoms with E-state index >= 15 is 0 Å². The van der Waals surface area contributed by atoms with Gasteiger partial charge in [-0.1, -0.05) is 6.92 Å². The van der Waals surface area contributed by atoms with Crippen LogP contribution in [0.2, 0.25) is 0 Å². The van der Waals surface area contributed by atoms with Crippen molar-refractivity contribution in [3.05, 3.63) is 29.3 Å². The average molecular weight is 272 g/mol. The highest BCUT2D eigenvalue weighted by molar-refractivity contribution is 6.40. The summed E-state index contributed by atoms with van der Waals surface area (Å²) in [5.74, 6) is -4.85. The van der Waals surface area contributed by atoms with Crippen LogP contribution < -0.4 is 4.74 Å². The molecule has 1 rings (SSSR count). The number of hydrogen-bond donors (Lipinski definition) is 0. The molecule has 6 heteroatoms. The number of ether oxygens (including phenoxy) is 2. The van der Waals surface area contributed by atoms with Gasteiger partial charge in [-0.2, -0.15) is 0 Å². The molecule has 0 radical (unpaired) electrons. The summed E-state index contributed by atoms with van der Waals surface area (Å²) in [6, 6.07) is 1.51. The molecule has 0 heterocycles. The minimum atomic E-state index is -1.15. The lowest BCUT2D eigenvalue weighted by molar-refractivity contribution is -0.137. The first-order chi connectivity index (χ1) is 9.01. The van der Waals surface area contributed by atoms with Crippen LogP contribution in [0.3, 0.4) is 0 Å². The van der Waals surface area contributed by atoms with Gasteiger partial charge in [0.2, 0.25) is 0 Å². The van der Waals surface area contributed by atoms with E-state index in [9.17, 15) is 18.4 Å². The molecular weight excluding hydrogens is 258 g/mol.